The Kier molecular flexibility index (Phi) is 59.8. The first-order valence-corrected chi connectivity index (χ1v) is 33.8. The van der Waals surface area contributed by atoms with Gasteiger partial charge in [0.1, 0.15) is 13.2 Å². The third kappa shape index (κ3) is 63.9. The van der Waals surface area contributed by atoms with E-state index >= 15 is 0 Å². The van der Waals surface area contributed by atoms with Crippen molar-refractivity contribution in [1.29, 1.82) is 0 Å². The molecular weight excluding hydrogens is 1010 g/mol. The molecule has 0 saturated carbocycles. The standard InChI is InChI=1S/C72H127NO8/c1-6-8-10-12-14-16-18-20-22-23-24-25-26-27-28-29-30-31-32-33-34-35-36-37-38-39-40-41-42-43-44-45-46-47-49-50-52-54-56-58-60-62-69(74)79-66-68(67-80-72(71(76)77)78-65-64-73(3,4)5)81-70(75)63-61-59-57-55-53-51-48-21-19-17-15-13-11-9-7-2/h9,11,15,17-18,20-21,23-24,26-27,48,53,55,68,72H,6-8,10,12-14,16,19,22,25,28-47,49-52,54,56-67H2,1-5H3/p+1/b11-9-,17-15-,20-18-,24-23-,27-26-,48-21-,55-53-. The number of hydrogen-bond donors (Lipinski definition) is 1. The molecule has 0 saturated heterocycles. The van der Waals surface area contributed by atoms with Crippen LogP contribution in [0.1, 0.15) is 296 Å². The number of carbonyl (C=O) groups is 3. The number of ether oxygens (including phenoxy) is 4. The van der Waals surface area contributed by atoms with Crippen LogP contribution < -0.4 is 0 Å². The van der Waals surface area contributed by atoms with Crippen molar-refractivity contribution in [2.24, 2.45) is 0 Å². The first-order valence-electron chi connectivity index (χ1n) is 33.8. The van der Waals surface area contributed by atoms with Gasteiger partial charge < -0.3 is 28.5 Å². The first-order chi connectivity index (χ1) is 39.6. The Hall–Kier alpha value is -3.53. The maximum absolute atomic E-state index is 12.8. The number of carboxylic acid groups (broad SMARTS) is 1. The summed E-state index contributed by atoms with van der Waals surface area (Å²) >= 11 is 0. The molecule has 0 aromatic heterocycles. The molecule has 0 rings (SSSR count). The Morgan fingerprint density at radius 1 is 0.383 bits per heavy atom. The van der Waals surface area contributed by atoms with Crippen molar-refractivity contribution >= 4 is 17.9 Å². The van der Waals surface area contributed by atoms with E-state index in [0.717, 1.165) is 70.6 Å². The first kappa shape index (κ1) is 77.5. The van der Waals surface area contributed by atoms with Crippen molar-refractivity contribution < 1.29 is 42.9 Å². The lowest BCUT2D eigenvalue weighted by molar-refractivity contribution is -0.870. The lowest BCUT2D eigenvalue weighted by atomic mass is 10.0. The monoisotopic (exact) mass is 1130 g/mol. The summed E-state index contributed by atoms with van der Waals surface area (Å²) in [5.74, 6) is -2.06. The summed E-state index contributed by atoms with van der Waals surface area (Å²) in [4.78, 5) is 37.4. The summed E-state index contributed by atoms with van der Waals surface area (Å²) in [6.45, 7) is 4.72. The number of quaternary nitrogens is 1. The van der Waals surface area contributed by atoms with Crippen molar-refractivity contribution in [3.63, 3.8) is 0 Å². The molecule has 0 aromatic carbocycles. The Morgan fingerprint density at radius 3 is 1.07 bits per heavy atom. The minimum Gasteiger partial charge on any atom is -0.477 e. The zero-order chi connectivity index (χ0) is 59.1. The number of nitrogens with zero attached hydrogens (tertiary/aromatic N) is 1. The maximum atomic E-state index is 12.8. The average Bonchev–Trinajstić information content (AvgIpc) is 3.44. The van der Waals surface area contributed by atoms with Crippen LogP contribution in [-0.2, 0) is 33.3 Å². The summed E-state index contributed by atoms with van der Waals surface area (Å²) in [6, 6.07) is 0. The van der Waals surface area contributed by atoms with E-state index in [1.165, 1.54) is 193 Å². The van der Waals surface area contributed by atoms with Gasteiger partial charge in [-0.3, -0.25) is 9.59 Å². The molecule has 0 fully saturated rings. The minimum atomic E-state index is -1.52. The molecule has 81 heavy (non-hydrogen) atoms. The van der Waals surface area contributed by atoms with Crippen LogP contribution >= 0.6 is 0 Å². The molecule has 0 spiro atoms. The third-order valence-corrected chi connectivity index (χ3v) is 14.6. The zero-order valence-corrected chi connectivity index (χ0v) is 53.4. The number of likely N-dealkylation sites (N-methyl/N-ethyl adjacent to an activating group) is 1. The SMILES string of the molecule is CC/C=C\C/C=C\C/C=C\C/C=C\CCCCC(=O)OC(COC(=O)CCCCCCCCCCCCCCCCCCCCCCCCCCCC/C=C\C/C=C\C/C=C\CCCCCCC)COC(OCC[N+](C)(C)C)C(=O)O. The van der Waals surface area contributed by atoms with E-state index < -0.39 is 24.3 Å². The zero-order valence-electron chi connectivity index (χ0n) is 53.4. The summed E-state index contributed by atoms with van der Waals surface area (Å²) in [6.07, 6.45) is 81.6. The number of unbranched alkanes of at least 4 members (excludes halogenated alkanes) is 33. The largest absolute Gasteiger partial charge is 0.477 e. The van der Waals surface area contributed by atoms with Crippen LogP contribution in [0.5, 0.6) is 0 Å². The second-order valence-corrected chi connectivity index (χ2v) is 23.7. The highest BCUT2D eigenvalue weighted by Gasteiger charge is 2.25. The molecule has 468 valence electrons. The fourth-order valence-corrected chi connectivity index (χ4v) is 9.48. The Balaban J connectivity index is 3.93. The normalized spacial score (nSPS) is 13.2. The molecule has 1 N–H and O–H groups in total. The van der Waals surface area contributed by atoms with E-state index in [0.29, 0.717) is 23.9 Å². The third-order valence-electron chi connectivity index (χ3n) is 14.6. The van der Waals surface area contributed by atoms with Crippen LogP contribution in [0, 0.1) is 0 Å². The summed E-state index contributed by atoms with van der Waals surface area (Å²) in [5, 5.41) is 9.70. The van der Waals surface area contributed by atoms with E-state index in [2.05, 4.69) is 98.9 Å². The minimum absolute atomic E-state index is 0.178. The molecule has 2 atom stereocenters. The molecule has 0 bridgehead atoms. The molecule has 0 aliphatic heterocycles. The topological polar surface area (TPSA) is 108 Å². The van der Waals surface area contributed by atoms with Gasteiger partial charge in [-0.15, -0.1) is 0 Å². The molecule has 0 heterocycles. The van der Waals surface area contributed by atoms with Crippen LogP contribution in [0.25, 0.3) is 0 Å². The van der Waals surface area contributed by atoms with Gasteiger partial charge in [0.25, 0.3) is 6.29 Å². The summed E-state index contributed by atoms with van der Waals surface area (Å²) < 4.78 is 22.8. The van der Waals surface area contributed by atoms with Gasteiger partial charge in [-0.2, -0.15) is 0 Å². The van der Waals surface area contributed by atoms with Crippen LogP contribution in [-0.4, -0.2) is 87.4 Å². The van der Waals surface area contributed by atoms with Crippen LogP contribution in [0.2, 0.25) is 0 Å². The average molecular weight is 1140 g/mol. The van der Waals surface area contributed by atoms with Gasteiger partial charge in [-0.1, -0.05) is 279 Å². The molecule has 0 radical (unpaired) electrons. The smallest absolute Gasteiger partial charge is 0.361 e. The second kappa shape index (κ2) is 62.5. The number of allylic oxidation sites excluding steroid dienone is 14. The molecular formula is C72H128NO8+. The maximum Gasteiger partial charge on any atom is 0.361 e. The fraction of sp³-hybridized carbons (Fsp3) is 0.764. The highest BCUT2D eigenvalue weighted by Crippen LogP contribution is 2.18. The van der Waals surface area contributed by atoms with E-state index in [-0.39, 0.29) is 32.2 Å². The number of carbonyl (C=O) groups excluding carboxylic acids is 2. The number of esters is 2. The van der Waals surface area contributed by atoms with Crippen LogP contribution in [0.4, 0.5) is 0 Å². The van der Waals surface area contributed by atoms with E-state index in [9.17, 15) is 19.5 Å². The number of hydrogen-bond acceptors (Lipinski definition) is 7. The van der Waals surface area contributed by atoms with Gasteiger partial charge in [0.2, 0.25) is 0 Å². The highest BCUT2D eigenvalue weighted by molar-refractivity contribution is 5.71. The van der Waals surface area contributed by atoms with Crippen molar-refractivity contribution in [3.8, 4) is 0 Å². The number of carboxylic acids is 1. The van der Waals surface area contributed by atoms with Crippen molar-refractivity contribution in [2.45, 2.75) is 309 Å². The number of rotatable bonds is 62. The molecule has 0 aromatic rings. The quantitative estimate of drug-likeness (QED) is 0.0211. The highest BCUT2D eigenvalue weighted by atomic mass is 16.7. The molecule has 9 heteroatoms. The summed E-state index contributed by atoms with van der Waals surface area (Å²) in [5.41, 5.74) is 0. The molecule has 0 aliphatic carbocycles. The van der Waals surface area contributed by atoms with E-state index in [1.54, 1.807) is 0 Å². The lowest BCUT2D eigenvalue weighted by Gasteiger charge is -2.25. The predicted octanol–water partition coefficient (Wildman–Crippen LogP) is 20.7. The molecule has 0 aliphatic rings. The Bertz CT molecular complexity index is 1600. The van der Waals surface area contributed by atoms with Gasteiger partial charge in [-0.25, -0.2) is 4.79 Å². The lowest BCUT2D eigenvalue weighted by Crippen LogP contribution is -2.40. The predicted molar refractivity (Wildman–Crippen MR) is 346 cm³/mol. The molecule has 9 nitrogen and oxygen atoms in total. The van der Waals surface area contributed by atoms with Gasteiger partial charge in [0, 0.05) is 12.8 Å². The van der Waals surface area contributed by atoms with E-state index in [4.69, 9.17) is 18.9 Å². The summed E-state index contributed by atoms with van der Waals surface area (Å²) in [7, 11) is 5.96. The van der Waals surface area contributed by atoms with E-state index in [1.807, 2.05) is 21.1 Å². The van der Waals surface area contributed by atoms with Gasteiger partial charge >= 0.3 is 17.9 Å². The number of aliphatic carboxylic acids is 1. The second-order valence-electron chi connectivity index (χ2n) is 23.7. The Labute approximate surface area is 500 Å². The molecule has 2 unspecified atom stereocenters. The molecule has 0 amide bonds. The van der Waals surface area contributed by atoms with Crippen LogP contribution in [0.15, 0.2) is 85.1 Å². The van der Waals surface area contributed by atoms with Gasteiger partial charge in [0.15, 0.2) is 6.10 Å². The van der Waals surface area contributed by atoms with Gasteiger partial charge in [0.05, 0.1) is 34.4 Å². The van der Waals surface area contributed by atoms with Gasteiger partial charge in [-0.05, 0) is 89.9 Å². The van der Waals surface area contributed by atoms with Crippen molar-refractivity contribution in [3.05, 3.63) is 85.1 Å². The van der Waals surface area contributed by atoms with Crippen LogP contribution in [0.3, 0.4) is 0 Å². The Morgan fingerprint density at radius 2 is 0.704 bits per heavy atom. The fourth-order valence-electron chi connectivity index (χ4n) is 9.48. The van der Waals surface area contributed by atoms with Crippen molar-refractivity contribution in [1.82, 2.24) is 0 Å². The van der Waals surface area contributed by atoms with Crippen molar-refractivity contribution in [2.75, 3.05) is 47.5 Å².